The van der Waals surface area contributed by atoms with Crippen molar-refractivity contribution in [2.24, 2.45) is 5.73 Å². The molecule has 0 bridgehead atoms. The number of amides is 1. The molecule has 1 atom stereocenters. The van der Waals surface area contributed by atoms with E-state index in [1.54, 1.807) is 50.2 Å². The van der Waals surface area contributed by atoms with Crippen molar-refractivity contribution in [3.8, 4) is 5.75 Å². The van der Waals surface area contributed by atoms with Crippen LogP contribution in [0.25, 0.3) is 0 Å². The van der Waals surface area contributed by atoms with E-state index in [0.29, 0.717) is 11.3 Å². The molecule has 0 saturated carbocycles. The monoisotopic (exact) mass is 250 g/mol. The highest BCUT2D eigenvalue weighted by Crippen LogP contribution is 2.14. The van der Waals surface area contributed by atoms with Gasteiger partial charge in [-0.25, -0.2) is 0 Å². The number of rotatable bonds is 6. The average molecular weight is 250 g/mol. The summed E-state index contributed by atoms with van der Waals surface area (Å²) in [5.74, 6) is 0.193. The SMILES string of the molecule is COc1ccc(C(=O)C(C)N(C)CC(N)=O)cc1. The second kappa shape index (κ2) is 6.16. The first-order chi connectivity index (χ1) is 8.45. The molecule has 18 heavy (non-hydrogen) atoms. The van der Waals surface area contributed by atoms with Crippen LogP contribution in [0.5, 0.6) is 5.75 Å². The molecule has 1 aromatic carbocycles. The lowest BCUT2D eigenvalue weighted by Crippen LogP contribution is -2.41. The molecule has 0 radical (unpaired) electrons. The summed E-state index contributed by atoms with van der Waals surface area (Å²) in [5, 5.41) is 0. The maximum Gasteiger partial charge on any atom is 0.231 e. The molecule has 1 unspecified atom stereocenters. The van der Waals surface area contributed by atoms with Gasteiger partial charge in [-0.05, 0) is 38.2 Å². The molecule has 0 aliphatic rings. The molecule has 0 saturated heterocycles. The third kappa shape index (κ3) is 3.56. The third-order valence-corrected chi connectivity index (χ3v) is 2.82. The highest BCUT2D eigenvalue weighted by atomic mass is 16.5. The van der Waals surface area contributed by atoms with Crippen molar-refractivity contribution in [2.45, 2.75) is 13.0 Å². The fourth-order valence-corrected chi connectivity index (χ4v) is 1.58. The Hall–Kier alpha value is -1.88. The number of carbonyl (C=O) groups is 2. The van der Waals surface area contributed by atoms with E-state index in [9.17, 15) is 9.59 Å². The summed E-state index contributed by atoms with van der Waals surface area (Å²) < 4.78 is 5.03. The number of hydrogen-bond acceptors (Lipinski definition) is 4. The molecule has 1 amide bonds. The largest absolute Gasteiger partial charge is 0.497 e. The fraction of sp³-hybridized carbons (Fsp3) is 0.385. The van der Waals surface area contributed by atoms with Crippen molar-refractivity contribution >= 4 is 11.7 Å². The Morgan fingerprint density at radius 1 is 1.33 bits per heavy atom. The first-order valence-electron chi connectivity index (χ1n) is 5.62. The van der Waals surface area contributed by atoms with E-state index in [1.165, 1.54) is 0 Å². The van der Waals surface area contributed by atoms with Crippen LogP contribution in [0.2, 0.25) is 0 Å². The number of Topliss-reactive ketones (excluding diaryl/α,β-unsaturated/α-hetero) is 1. The standard InChI is InChI=1S/C13H18N2O3/c1-9(15(2)8-12(14)16)13(17)10-4-6-11(18-3)7-5-10/h4-7,9H,8H2,1-3H3,(H2,14,16). The van der Waals surface area contributed by atoms with Crippen molar-refractivity contribution in [1.29, 1.82) is 0 Å². The van der Waals surface area contributed by atoms with E-state index in [4.69, 9.17) is 10.5 Å². The topological polar surface area (TPSA) is 72.6 Å². The average Bonchev–Trinajstić information content (AvgIpc) is 2.36. The number of ketones is 1. The van der Waals surface area contributed by atoms with Crippen LogP contribution < -0.4 is 10.5 Å². The van der Waals surface area contributed by atoms with E-state index in [0.717, 1.165) is 0 Å². The Balaban J connectivity index is 2.76. The zero-order chi connectivity index (χ0) is 13.7. The minimum absolute atomic E-state index is 0.0543. The van der Waals surface area contributed by atoms with Crippen LogP contribution in [0.3, 0.4) is 0 Å². The summed E-state index contributed by atoms with van der Waals surface area (Å²) in [6, 6.07) is 6.47. The molecule has 1 aromatic rings. The first kappa shape index (κ1) is 14.2. The third-order valence-electron chi connectivity index (χ3n) is 2.82. The van der Waals surface area contributed by atoms with Crippen LogP contribution in [0.1, 0.15) is 17.3 Å². The van der Waals surface area contributed by atoms with Crippen molar-refractivity contribution in [1.82, 2.24) is 4.90 Å². The van der Waals surface area contributed by atoms with Gasteiger partial charge in [0.1, 0.15) is 5.75 Å². The van der Waals surface area contributed by atoms with E-state index in [2.05, 4.69) is 0 Å². The number of ether oxygens (including phenoxy) is 1. The van der Waals surface area contributed by atoms with Gasteiger partial charge in [0.05, 0.1) is 19.7 Å². The first-order valence-corrected chi connectivity index (χ1v) is 5.62. The maximum absolute atomic E-state index is 12.1. The molecule has 0 aliphatic carbocycles. The fourth-order valence-electron chi connectivity index (χ4n) is 1.58. The number of hydrogen-bond donors (Lipinski definition) is 1. The Labute approximate surface area is 107 Å². The molecule has 0 fully saturated rings. The zero-order valence-corrected chi connectivity index (χ0v) is 10.8. The molecule has 5 nitrogen and oxygen atoms in total. The van der Waals surface area contributed by atoms with Gasteiger partial charge in [0.15, 0.2) is 5.78 Å². The van der Waals surface area contributed by atoms with Gasteiger partial charge in [0.2, 0.25) is 5.91 Å². The Kier molecular flexibility index (Phi) is 4.85. The van der Waals surface area contributed by atoms with E-state index in [1.807, 2.05) is 0 Å². The lowest BCUT2D eigenvalue weighted by molar-refractivity contribution is -0.119. The molecule has 0 spiro atoms. The van der Waals surface area contributed by atoms with Gasteiger partial charge in [-0.15, -0.1) is 0 Å². The Morgan fingerprint density at radius 2 is 1.89 bits per heavy atom. The second-order valence-electron chi connectivity index (χ2n) is 4.15. The summed E-state index contributed by atoms with van der Waals surface area (Å²) in [5.41, 5.74) is 5.68. The number of carbonyl (C=O) groups excluding carboxylic acids is 2. The normalized spacial score (nSPS) is 12.2. The molecule has 98 valence electrons. The van der Waals surface area contributed by atoms with Crippen LogP contribution >= 0.6 is 0 Å². The number of methoxy groups -OCH3 is 1. The number of nitrogens with two attached hydrogens (primary N) is 1. The Morgan fingerprint density at radius 3 is 2.33 bits per heavy atom. The lowest BCUT2D eigenvalue weighted by atomic mass is 10.0. The van der Waals surface area contributed by atoms with E-state index >= 15 is 0 Å². The van der Waals surface area contributed by atoms with Crippen LogP contribution in [0, 0.1) is 0 Å². The van der Waals surface area contributed by atoms with Crippen LogP contribution in [0.4, 0.5) is 0 Å². The van der Waals surface area contributed by atoms with Crippen molar-refractivity contribution in [3.05, 3.63) is 29.8 Å². The predicted octanol–water partition coefficient (Wildman–Crippen LogP) is 0.683. The number of likely N-dealkylation sites (N-methyl/N-ethyl adjacent to an activating group) is 1. The molecular weight excluding hydrogens is 232 g/mol. The van der Waals surface area contributed by atoms with Gasteiger partial charge in [0.25, 0.3) is 0 Å². The molecule has 0 aromatic heterocycles. The molecule has 0 aliphatic heterocycles. The van der Waals surface area contributed by atoms with Gasteiger partial charge < -0.3 is 10.5 Å². The quantitative estimate of drug-likeness (QED) is 0.754. The molecule has 5 heteroatoms. The summed E-state index contributed by atoms with van der Waals surface area (Å²) in [4.78, 5) is 24.6. The molecule has 2 N–H and O–H groups in total. The summed E-state index contributed by atoms with van der Waals surface area (Å²) in [7, 11) is 3.26. The second-order valence-corrected chi connectivity index (χ2v) is 4.15. The summed E-state index contributed by atoms with van der Waals surface area (Å²) >= 11 is 0. The van der Waals surface area contributed by atoms with Gasteiger partial charge in [-0.1, -0.05) is 0 Å². The maximum atomic E-state index is 12.1. The molecular formula is C13H18N2O3. The Bertz CT molecular complexity index is 428. The van der Waals surface area contributed by atoms with Crippen LogP contribution in [-0.4, -0.2) is 43.3 Å². The number of primary amides is 1. The van der Waals surface area contributed by atoms with Gasteiger partial charge in [-0.2, -0.15) is 0 Å². The van der Waals surface area contributed by atoms with Crippen molar-refractivity contribution < 1.29 is 14.3 Å². The van der Waals surface area contributed by atoms with Crippen LogP contribution in [0.15, 0.2) is 24.3 Å². The van der Waals surface area contributed by atoms with Gasteiger partial charge in [-0.3, -0.25) is 14.5 Å². The minimum Gasteiger partial charge on any atom is -0.497 e. The van der Waals surface area contributed by atoms with Gasteiger partial charge in [0, 0.05) is 5.56 Å². The van der Waals surface area contributed by atoms with E-state index < -0.39 is 11.9 Å². The van der Waals surface area contributed by atoms with Crippen molar-refractivity contribution in [2.75, 3.05) is 20.7 Å². The highest BCUT2D eigenvalue weighted by molar-refractivity contribution is 6.00. The molecule has 0 heterocycles. The summed E-state index contributed by atoms with van der Waals surface area (Å²) in [6.07, 6.45) is 0. The predicted molar refractivity (Wildman–Crippen MR) is 68.6 cm³/mol. The van der Waals surface area contributed by atoms with Crippen molar-refractivity contribution in [3.63, 3.8) is 0 Å². The van der Waals surface area contributed by atoms with Gasteiger partial charge >= 0.3 is 0 Å². The highest BCUT2D eigenvalue weighted by Gasteiger charge is 2.20. The van der Waals surface area contributed by atoms with E-state index in [-0.39, 0.29) is 12.3 Å². The summed E-state index contributed by atoms with van der Waals surface area (Å²) in [6.45, 7) is 1.80. The minimum atomic E-state index is -0.452. The van der Waals surface area contributed by atoms with Crippen LogP contribution in [-0.2, 0) is 4.79 Å². The molecule has 1 rings (SSSR count). The number of nitrogens with zero attached hydrogens (tertiary/aromatic N) is 1. The zero-order valence-electron chi connectivity index (χ0n) is 10.8. The smallest absolute Gasteiger partial charge is 0.231 e. The number of benzene rings is 1. The lowest BCUT2D eigenvalue weighted by Gasteiger charge is -2.22.